The van der Waals surface area contributed by atoms with Gasteiger partial charge in [-0.1, -0.05) is 0 Å². The van der Waals surface area contributed by atoms with Crippen LogP contribution in [0.25, 0.3) is 0 Å². The van der Waals surface area contributed by atoms with Crippen LogP contribution < -0.4 is 10.6 Å². The third-order valence-corrected chi connectivity index (χ3v) is 2.95. The lowest BCUT2D eigenvalue weighted by Crippen LogP contribution is -2.27. The number of amides is 1. The predicted molar refractivity (Wildman–Crippen MR) is 74.9 cm³/mol. The summed E-state index contributed by atoms with van der Waals surface area (Å²) in [5.41, 5.74) is 0.384. The summed E-state index contributed by atoms with van der Waals surface area (Å²) in [6.07, 6.45) is 4.28. The molecule has 2 aromatic heterocycles. The van der Waals surface area contributed by atoms with Crippen molar-refractivity contribution in [1.29, 1.82) is 0 Å². The molecule has 9 heteroatoms. The summed E-state index contributed by atoms with van der Waals surface area (Å²) in [5.74, 6) is -0.170. The van der Waals surface area contributed by atoms with E-state index in [9.17, 15) is 14.9 Å². The summed E-state index contributed by atoms with van der Waals surface area (Å²) in [4.78, 5) is 26.4. The highest BCUT2D eigenvalue weighted by atomic mass is 16.6. The summed E-state index contributed by atoms with van der Waals surface area (Å²) in [6.45, 7) is 1.76. The molecule has 0 spiro atoms. The van der Waals surface area contributed by atoms with E-state index >= 15 is 0 Å². The van der Waals surface area contributed by atoms with Crippen LogP contribution >= 0.6 is 0 Å². The van der Waals surface area contributed by atoms with E-state index < -0.39 is 10.8 Å². The Morgan fingerprint density at radius 2 is 2.24 bits per heavy atom. The monoisotopic (exact) mass is 290 g/mol. The van der Waals surface area contributed by atoms with Crippen LogP contribution in [0.4, 0.5) is 11.5 Å². The van der Waals surface area contributed by atoms with Crippen LogP contribution in [0.2, 0.25) is 0 Å². The molecule has 0 aliphatic carbocycles. The fourth-order valence-corrected chi connectivity index (χ4v) is 1.77. The minimum Gasteiger partial charge on any atom is -0.373 e. The van der Waals surface area contributed by atoms with Crippen molar-refractivity contribution >= 4 is 17.4 Å². The van der Waals surface area contributed by atoms with Crippen molar-refractivity contribution in [1.82, 2.24) is 20.5 Å². The Balaban J connectivity index is 2.27. The number of nitro groups is 1. The highest BCUT2D eigenvalue weighted by molar-refractivity contribution is 5.98. The Morgan fingerprint density at radius 3 is 2.81 bits per heavy atom. The van der Waals surface area contributed by atoms with Crippen molar-refractivity contribution in [3.63, 3.8) is 0 Å². The van der Waals surface area contributed by atoms with Crippen LogP contribution in [0.3, 0.4) is 0 Å². The van der Waals surface area contributed by atoms with E-state index in [1.165, 1.54) is 6.07 Å². The van der Waals surface area contributed by atoms with Gasteiger partial charge in [0.15, 0.2) is 0 Å². The van der Waals surface area contributed by atoms with Crippen molar-refractivity contribution < 1.29 is 9.72 Å². The third-order valence-electron chi connectivity index (χ3n) is 2.95. The number of pyridine rings is 1. The molecule has 0 aromatic carbocycles. The van der Waals surface area contributed by atoms with E-state index in [-0.39, 0.29) is 17.3 Å². The number of anilines is 1. The molecule has 110 valence electrons. The smallest absolute Gasteiger partial charge is 0.300 e. The van der Waals surface area contributed by atoms with Crippen molar-refractivity contribution in [3.8, 4) is 0 Å². The predicted octanol–water partition coefficient (Wildman–Crippen LogP) is 1.25. The maximum atomic E-state index is 12.2. The van der Waals surface area contributed by atoms with Crippen LogP contribution in [0, 0.1) is 10.1 Å². The topological polar surface area (TPSA) is 126 Å². The van der Waals surface area contributed by atoms with E-state index in [0.717, 1.165) is 11.8 Å². The summed E-state index contributed by atoms with van der Waals surface area (Å²) in [6, 6.07) is 1.01. The Morgan fingerprint density at radius 1 is 1.48 bits per heavy atom. The molecule has 2 rings (SSSR count). The second-order valence-electron chi connectivity index (χ2n) is 4.32. The largest absolute Gasteiger partial charge is 0.373 e. The van der Waals surface area contributed by atoms with E-state index in [2.05, 4.69) is 25.8 Å². The van der Waals surface area contributed by atoms with Gasteiger partial charge in [-0.15, -0.1) is 0 Å². The van der Waals surface area contributed by atoms with Gasteiger partial charge >= 0.3 is 0 Å². The lowest BCUT2D eigenvalue weighted by molar-refractivity contribution is -0.385. The second kappa shape index (κ2) is 5.99. The summed E-state index contributed by atoms with van der Waals surface area (Å²) in [5, 5.41) is 22.9. The molecule has 0 bridgehead atoms. The highest BCUT2D eigenvalue weighted by Gasteiger charge is 2.23. The first kappa shape index (κ1) is 14.4. The second-order valence-corrected chi connectivity index (χ2v) is 4.32. The van der Waals surface area contributed by atoms with Gasteiger partial charge in [0, 0.05) is 24.9 Å². The number of hydrogen-bond donors (Lipinski definition) is 3. The van der Waals surface area contributed by atoms with Gasteiger partial charge in [-0.05, 0) is 6.92 Å². The van der Waals surface area contributed by atoms with Gasteiger partial charge in [-0.2, -0.15) is 5.10 Å². The summed E-state index contributed by atoms with van der Waals surface area (Å²) in [7, 11) is 1.62. The van der Waals surface area contributed by atoms with Crippen LogP contribution in [0.15, 0.2) is 24.7 Å². The molecule has 0 aliphatic heterocycles. The van der Waals surface area contributed by atoms with Gasteiger partial charge in [0.25, 0.3) is 11.6 Å². The van der Waals surface area contributed by atoms with Gasteiger partial charge in [-0.3, -0.25) is 20.0 Å². The average Bonchev–Trinajstić information content (AvgIpc) is 3.00. The van der Waals surface area contributed by atoms with Gasteiger partial charge in [0.05, 0.1) is 17.2 Å². The minimum absolute atomic E-state index is 0.0466. The number of nitrogens with one attached hydrogen (secondary N) is 3. The Hall–Kier alpha value is -2.97. The first-order chi connectivity index (χ1) is 10.0. The molecule has 0 saturated heterocycles. The van der Waals surface area contributed by atoms with Crippen molar-refractivity contribution in [2.75, 3.05) is 12.4 Å². The molecular formula is C12H14N6O3. The maximum Gasteiger partial charge on any atom is 0.300 e. The number of rotatable bonds is 5. The molecule has 0 aliphatic rings. The number of carbonyl (C=O) groups excluding carboxylic acids is 1. The lowest BCUT2D eigenvalue weighted by Gasteiger charge is -2.12. The highest BCUT2D eigenvalue weighted by Crippen LogP contribution is 2.21. The zero-order valence-corrected chi connectivity index (χ0v) is 11.5. The molecule has 2 heterocycles. The number of nitrogens with zero attached hydrogens (tertiary/aromatic N) is 3. The van der Waals surface area contributed by atoms with Gasteiger partial charge < -0.3 is 10.6 Å². The molecule has 0 radical (unpaired) electrons. The summed E-state index contributed by atoms with van der Waals surface area (Å²) < 4.78 is 0. The molecule has 3 N–H and O–H groups in total. The zero-order chi connectivity index (χ0) is 15.4. The molecule has 9 nitrogen and oxygen atoms in total. The molecule has 2 aromatic rings. The lowest BCUT2D eigenvalue weighted by atomic mass is 10.1. The quantitative estimate of drug-likeness (QED) is 0.562. The van der Waals surface area contributed by atoms with Crippen LogP contribution in [-0.2, 0) is 0 Å². The SMILES string of the molecule is CNc1cc(C(=O)NC(C)c2cn[nH]c2)c([N+](=O)[O-])cn1. The average molecular weight is 290 g/mol. The van der Waals surface area contributed by atoms with Crippen molar-refractivity contribution in [3.05, 3.63) is 45.9 Å². The summed E-state index contributed by atoms with van der Waals surface area (Å²) >= 11 is 0. The number of aromatic amines is 1. The van der Waals surface area contributed by atoms with E-state index in [4.69, 9.17) is 0 Å². The van der Waals surface area contributed by atoms with Gasteiger partial charge in [0.2, 0.25) is 0 Å². The molecule has 1 unspecified atom stereocenters. The minimum atomic E-state index is -0.635. The van der Waals surface area contributed by atoms with Crippen LogP contribution in [-0.4, -0.2) is 33.1 Å². The van der Waals surface area contributed by atoms with Gasteiger partial charge in [0.1, 0.15) is 17.6 Å². The number of aromatic nitrogens is 3. The van der Waals surface area contributed by atoms with Crippen molar-refractivity contribution in [2.24, 2.45) is 0 Å². The zero-order valence-electron chi connectivity index (χ0n) is 11.5. The molecule has 1 atom stereocenters. The Bertz CT molecular complexity index is 655. The fourth-order valence-electron chi connectivity index (χ4n) is 1.77. The fraction of sp³-hybridized carbons (Fsp3) is 0.250. The molecule has 0 fully saturated rings. The standard InChI is InChI=1S/C12H14N6O3/c1-7(8-4-15-16-5-8)17-12(19)9-3-11(13-2)14-6-10(9)18(20)21/h3-7H,1-2H3,(H,13,14)(H,15,16)(H,17,19). The first-order valence-corrected chi connectivity index (χ1v) is 6.14. The van der Waals surface area contributed by atoms with Gasteiger partial charge in [-0.25, -0.2) is 4.98 Å². The number of hydrogen-bond acceptors (Lipinski definition) is 6. The van der Waals surface area contributed by atoms with E-state index in [1.807, 2.05) is 0 Å². The van der Waals surface area contributed by atoms with Crippen LogP contribution in [0.5, 0.6) is 0 Å². The Labute approximate surface area is 119 Å². The normalized spacial score (nSPS) is 11.7. The molecule has 21 heavy (non-hydrogen) atoms. The number of H-pyrrole nitrogens is 1. The third kappa shape index (κ3) is 3.14. The van der Waals surface area contributed by atoms with Crippen LogP contribution in [0.1, 0.15) is 28.9 Å². The van der Waals surface area contributed by atoms with E-state index in [1.54, 1.807) is 26.4 Å². The first-order valence-electron chi connectivity index (χ1n) is 6.14. The van der Waals surface area contributed by atoms with Crippen molar-refractivity contribution in [2.45, 2.75) is 13.0 Å². The molecular weight excluding hydrogens is 276 g/mol. The molecule has 0 saturated carbocycles. The number of carbonyl (C=O) groups is 1. The Kier molecular flexibility index (Phi) is 4.12. The van der Waals surface area contributed by atoms with E-state index in [0.29, 0.717) is 5.82 Å². The molecule has 1 amide bonds. The maximum absolute atomic E-state index is 12.2.